The molecule has 6 nitrogen and oxygen atoms in total. The van der Waals surface area contributed by atoms with Crippen molar-refractivity contribution in [1.82, 2.24) is 0 Å². The van der Waals surface area contributed by atoms with E-state index in [0.29, 0.717) is 19.4 Å². The zero-order valence-electron chi connectivity index (χ0n) is 7.90. The van der Waals surface area contributed by atoms with Crippen LogP contribution >= 0.6 is 0 Å². The molecule has 0 rings (SSSR count). The van der Waals surface area contributed by atoms with E-state index in [1.54, 1.807) is 0 Å². The largest absolute Gasteiger partial charge is 0.330 e. The third-order valence-electron chi connectivity index (χ3n) is 1.73. The average Bonchev–Trinajstić information content (AvgIpc) is 2.13. The Bertz CT molecular complexity index is 236. The smallest absolute Gasteiger partial charge is 0.238 e. The molecule has 0 saturated heterocycles. The number of hydrogen-bond acceptors (Lipinski definition) is 6. The topological polar surface area (TPSA) is 111 Å². The maximum atomic E-state index is 10.0. The van der Waals surface area contributed by atoms with Gasteiger partial charge in [0, 0.05) is 6.42 Å². The summed E-state index contributed by atoms with van der Waals surface area (Å²) in [7, 11) is 0. The number of rotatable bonds is 7. The first kappa shape index (κ1) is 12.7. The predicted molar refractivity (Wildman–Crippen MR) is 50.7 cm³/mol. The molecule has 0 heterocycles. The maximum absolute atomic E-state index is 10.0. The minimum Gasteiger partial charge on any atom is -0.330 e. The summed E-state index contributed by atoms with van der Waals surface area (Å²) in [6, 6.07) is 0. The second kappa shape index (κ2) is 7.12. The predicted octanol–water partition coefficient (Wildman–Crippen LogP) is -0.210. The molecular formula is C8H14N4O2. The van der Waals surface area contributed by atoms with Crippen LogP contribution < -0.4 is 11.5 Å². The van der Waals surface area contributed by atoms with E-state index in [4.69, 9.17) is 11.5 Å². The number of isocyanates is 2. The lowest BCUT2D eigenvalue weighted by molar-refractivity contribution is 0.401. The Morgan fingerprint density at radius 2 is 1.64 bits per heavy atom. The van der Waals surface area contributed by atoms with E-state index in [1.807, 2.05) is 0 Å². The van der Waals surface area contributed by atoms with Gasteiger partial charge in [-0.1, -0.05) is 6.42 Å². The van der Waals surface area contributed by atoms with E-state index in [2.05, 4.69) is 9.98 Å². The van der Waals surface area contributed by atoms with Crippen molar-refractivity contribution in [3.05, 3.63) is 0 Å². The Kier molecular flexibility index (Phi) is 6.45. The van der Waals surface area contributed by atoms with Crippen LogP contribution in [-0.2, 0) is 9.59 Å². The second-order valence-corrected chi connectivity index (χ2v) is 2.88. The van der Waals surface area contributed by atoms with Gasteiger partial charge < -0.3 is 5.73 Å². The van der Waals surface area contributed by atoms with Gasteiger partial charge in [-0.25, -0.2) is 9.59 Å². The molecule has 14 heavy (non-hydrogen) atoms. The highest BCUT2D eigenvalue weighted by Gasteiger charge is 2.21. The van der Waals surface area contributed by atoms with Gasteiger partial charge in [-0.15, -0.1) is 0 Å². The fourth-order valence-electron chi connectivity index (χ4n) is 1.00. The third kappa shape index (κ3) is 5.35. The highest BCUT2D eigenvalue weighted by atomic mass is 16.1. The van der Waals surface area contributed by atoms with Crippen LogP contribution in [0.3, 0.4) is 0 Å². The van der Waals surface area contributed by atoms with Crippen LogP contribution in [-0.4, -0.2) is 24.5 Å². The summed E-state index contributed by atoms with van der Waals surface area (Å²) in [5.41, 5.74) is 10.8. The average molecular weight is 198 g/mol. The van der Waals surface area contributed by atoms with Gasteiger partial charge in [0.1, 0.15) is 0 Å². The first-order valence-electron chi connectivity index (χ1n) is 4.35. The molecule has 0 bridgehead atoms. The van der Waals surface area contributed by atoms with Crippen LogP contribution in [0.25, 0.3) is 0 Å². The zero-order valence-corrected chi connectivity index (χ0v) is 7.90. The number of hydrogen-bond donors (Lipinski definition) is 2. The lowest BCUT2D eigenvalue weighted by atomic mass is 10.1. The molecule has 0 aromatic carbocycles. The summed E-state index contributed by atoms with van der Waals surface area (Å²) in [4.78, 5) is 26.5. The van der Waals surface area contributed by atoms with Gasteiger partial charge >= 0.3 is 0 Å². The van der Waals surface area contributed by atoms with Gasteiger partial charge in [-0.2, -0.15) is 9.98 Å². The summed E-state index contributed by atoms with van der Waals surface area (Å²) in [5.74, 6) is -1.49. The number of unbranched alkanes of at least 4 members (excludes halogenated alkanes) is 2. The lowest BCUT2D eigenvalue weighted by Gasteiger charge is -2.15. The normalized spacial score (nSPS) is 13.6. The molecule has 78 valence electrons. The molecule has 0 aliphatic rings. The molecule has 0 unspecified atom stereocenters. The highest BCUT2D eigenvalue weighted by molar-refractivity contribution is 5.38. The third-order valence-corrected chi connectivity index (χ3v) is 1.73. The van der Waals surface area contributed by atoms with Gasteiger partial charge in [0.05, 0.1) is 0 Å². The standard InChI is InChI=1S/C8H14N4O2/c9-5-3-1-2-4-8(10,11-6-13)12-7-14/h1-5,9-10H2. The van der Waals surface area contributed by atoms with Crippen molar-refractivity contribution in [3.8, 4) is 0 Å². The Balaban J connectivity index is 4.10. The van der Waals surface area contributed by atoms with Crippen molar-refractivity contribution < 1.29 is 9.59 Å². The zero-order chi connectivity index (χ0) is 10.9. The molecule has 6 heteroatoms. The Hall–Kier alpha value is -1.32. The quantitative estimate of drug-likeness (QED) is 0.335. The fraction of sp³-hybridized carbons (Fsp3) is 0.750. The molecule has 0 radical (unpaired) electrons. The van der Waals surface area contributed by atoms with E-state index >= 15 is 0 Å². The van der Waals surface area contributed by atoms with Gasteiger partial charge in [0.2, 0.25) is 17.9 Å². The molecule has 0 fully saturated rings. The highest BCUT2D eigenvalue weighted by Crippen LogP contribution is 2.14. The summed E-state index contributed by atoms with van der Waals surface area (Å²) in [5, 5.41) is 0. The molecule has 0 aliphatic heterocycles. The van der Waals surface area contributed by atoms with Crippen molar-refractivity contribution in [2.75, 3.05) is 6.54 Å². The Morgan fingerprint density at radius 3 is 2.07 bits per heavy atom. The van der Waals surface area contributed by atoms with Crippen LogP contribution in [0, 0.1) is 0 Å². The molecule has 4 N–H and O–H groups in total. The molecule has 0 aliphatic carbocycles. The van der Waals surface area contributed by atoms with E-state index in [-0.39, 0.29) is 0 Å². The minimum absolute atomic E-state index is 0.317. The van der Waals surface area contributed by atoms with Crippen LogP contribution in [0.2, 0.25) is 0 Å². The van der Waals surface area contributed by atoms with E-state index < -0.39 is 5.79 Å². The van der Waals surface area contributed by atoms with Crippen molar-refractivity contribution >= 4 is 12.2 Å². The minimum atomic E-state index is -1.49. The SMILES string of the molecule is NCCCCCC(N)(N=C=O)N=C=O. The van der Waals surface area contributed by atoms with Crippen LogP contribution in [0.15, 0.2) is 9.98 Å². The Labute approximate surface area is 82.1 Å². The van der Waals surface area contributed by atoms with Crippen molar-refractivity contribution in [1.29, 1.82) is 0 Å². The Morgan fingerprint density at radius 1 is 1.07 bits per heavy atom. The first-order chi connectivity index (χ1) is 6.68. The maximum Gasteiger partial charge on any atom is 0.238 e. The van der Waals surface area contributed by atoms with Crippen LogP contribution in [0.4, 0.5) is 0 Å². The number of nitrogens with zero attached hydrogens (tertiary/aromatic N) is 2. The van der Waals surface area contributed by atoms with Crippen molar-refractivity contribution in [2.45, 2.75) is 31.5 Å². The van der Waals surface area contributed by atoms with Crippen LogP contribution in [0.5, 0.6) is 0 Å². The molecule has 0 atom stereocenters. The van der Waals surface area contributed by atoms with Crippen molar-refractivity contribution in [2.24, 2.45) is 21.5 Å². The van der Waals surface area contributed by atoms with Gasteiger partial charge in [-0.3, -0.25) is 5.73 Å². The van der Waals surface area contributed by atoms with E-state index in [1.165, 1.54) is 12.2 Å². The van der Waals surface area contributed by atoms with E-state index in [9.17, 15) is 9.59 Å². The van der Waals surface area contributed by atoms with Crippen molar-refractivity contribution in [3.63, 3.8) is 0 Å². The molecule has 0 amide bonds. The van der Waals surface area contributed by atoms with Gasteiger partial charge in [0.25, 0.3) is 0 Å². The summed E-state index contributed by atoms with van der Waals surface area (Å²) in [6.07, 6.45) is 5.31. The fourth-order valence-corrected chi connectivity index (χ4v) is 1.00. The summed E-state index contributed by atoms with van der Waals surface area (Å²) in [6.45, 7) is 0.603. The van der Waals surface area contributed by atoms with Gasteiger partial charge in [-0.05, 0) is 19.4 Å². The van der Waals surface area contributed by atoms with E-state index in [0.717, 1.165) is 12.8 Å². The first-order valence-corrected chi connectivity index (χ1v) is 4.35. The molecule has 0 aromatic rings. The number of nitrogens with two attached hydrogens (primary N) is 2. The molecule has 0 saturated carbocycles. The number of aliphatic imine (C=N–C) groups is 2. The second-order valence-electron chi connectivity index (χ2n) is 2.88. The monoisotopic (exact) mass is 198 g/mol. The molecule has 0 aromatic heterocycles. The van der Waals surface area contributed by atoms with Gasteiger partial charge in [0.15, 0.2) is 0 Å². The molecular weight excluding hydrogens is 184 g/mol. The summed E-state index contributed by atoms with van der Waals surface area (Å²) < 4.78 is 0. The number of carbonyl (C=O) groups excluding carboxylic acids is 2. The van der Waals surface area contributed by atoms with Crippen LogP contribution in [0.1, 0.15) is 25.7 Å². The summed E-state index contributed by atoms with van der Waals surface area (Å²) >= 11 is 0. The lowest BCUT2D eigenvalue weighted by Crippen LogP contribution is -2.35. The molecule has 0 spiro atoms.